The van der Waals surface area contributed by atoms with Gasteiger partial charge >= 0.3 is 0 Å². The Labute approximate surface area is 130 Å². The second-order valence-electron chi connectivity index (χ2n) is 6.92. The minimum atomic E-state index is -0.818. The van der Waals surface area contributed by atoms with E-state index in [1.807, 2.05) is 25.7 Å². The molecular formula is C17H24F2N2O. The summed E-state index contributed by atoms with van der Waals surface area (Å²) in [6.07, 6.45) is 0.894. The SMILES string of the molecule is CC(C)(C)C(=O)N1CCCN(Cc2ccc(F)c(F)c2)CC1. The highest BCUT2D eigenvalue weighted by molar-refractivity contribution is 5.81. The van der Waals surface area contributed by atoms with E-state index in [4.69, 9.17) is 0 Å². The Balaban J connectivity index is 1.95. The number of hydrogen-bond acceptors (Lipinski definition) is 2. The minimum absolute atomic E-state index is 0.169. The van der Waals surface area contributed by atoms with Crippen LogP contribution >= 0.6 is 0 Å². The molecule has 1 aliphatic heterocycles. The van der Waals surface area contributed by atoms with Gasteiger partial charge in [0.2, 0.25) is 5.91 Å². The van der Waals surface area contributed by atoms with Crippen LogP contribution in [0.1, 0.15) is 32.8 Å². The Morgan fingerprint density at radius 1 is 1.09 bits per heavy atom. The quantitative estimate of drug-likeness (QED) is 0.838. The standard InChI is InChI=1S/C17H24F2N2O/c1-17(2,3)16(22)21-8-4-7-20(9-10-21)12-13-5-6-14(18)15(19)11-13/h5-6,11H,4,7-10,12H2,1-3H3. The summed E-state index contributed by atoms with van der Waals surface area (Å²) in [6, 6.07) is 4.03. The summed E-state index contributed by atoms with van der Waals surface area (Å²) in [5.74, 6) is -1.46. The Morgan fingerprint density at radius 3 is 2.45 bits per heavy atom. The van der Waals surface area contributed by atoms with E-state index in [2.05, 4.69) is 4.90 Å². The van der Waals surface area contributed by atoms with Crippen LogP contribution in [-0.4, -0.2) is 41.9 Å². The van der Waals surface area contributed by atoms with Crippen LogP contribution in [0.15, 0.2) is 18.2 Å². The zero-order valence-corrected chi connectivity index (χ0v) is 13.5. The molecule has 1 heterocycles. The smallest absolute Gasteiger partial charge is 0.227 e. The normalized spacial score (nSPS) is 17.4. The van der Waals surface area contributed by atoms with Gasteiger partial charge in [-0.1, -0.05) is 26.8 Å². The van der Waals surface area contributed by atoms with Crippen molar-refractivity contribution >= 4 is 5.91 Å². The fourth-order valence-corrected chi connectivity index (χ4v) is 2.70. The Morgan fingerprint density at radius 2 is 1.82 bits per heavy atom. The van der Waals surface area contributed by atoms with E-state index in [0.717, 1.165) is 37.7 Å². The van der Waals surface area contributed by atoms with Crippen LogP contribution in [0.5, 0.6) is 0 Å². The second kappa shape index (κ2) is 6.73. The number of benzene rings is 1. The molecule has 5 heteroatoms. The van der Waals surface area contributed by atoms with Gasteiger partial charge in [-0.2, -0.15) is 0 Å². The number of rotatable bonds is 2. The van der Waals surface area contributed by atoms with Crippen molar-refractivity contribution < 1.29 is 13.6 Å². The number of nitrogens with zero attached hydrogens (tertiary/aromatic N) is 2. The summed E-state index contributed by atoms with van der Waals surface area (Å²) in [5, 5.41) is 0. The predicted octanol–water partition coefficient (Wildman–Crippen LogP) is 3.05. The lowest BCUT2D eigenvalue weighted by Gasteiger charge is -2.28. The van der Waals surface area contributed by atoms with Crippen LogP contribution in [0, 0.1) is 17.0 Å². The van der Waals surface area contributed by atoms with Crippen molar-refractivity contribution in [1.82, 2.24) is 9.80 Å². The van der Waals surface area contributed by atoms with Crippen molar-refractivity contribution in [3.05, 3.63) is 35.4 Å². The van der Waals surface area contributed by atoms with Crippen LogP contribution < -0.4 is 0 Å². The first-order valence-corrected chi connectivity index (χ1v) is 7.73. The molecule has 1 aliphatic rings. The Hall–Kier alpha value is -1.49. The lowest BCUT2D eigenvalue weighted by molar-refractivity contribution is -0.139. The molecule has 0 saturated carbocycles. The average Bonchev–Trinajstić information content (AvgIpc) is 2.67. The number of hydrogen-bond donors (Lipinski definition) is 0. The molecule has 0 aliphatic carbocycles. The summed E-state index contributed by atoms with van der Waals surface area (Å²) in [6.45, 7) is 9.41. The predicted molar refractivity (Wildman–Crippen MR) is 82.3 cm³/mol. The van der Waals surface area contributed by atoms with Crippen molar-refractivity contribution in [3.63, 3.8) is 0 Å². The van der Waals surface area contributed by atoms with Gasteiger partial charge in [0.05, 0.1) is 0 Å². The largest absolute Gasteiger partial charge is 0.341 e. The van der Waals surface area contributed by atoms with Crippen molar-refractivity contribution in [3.8, 4) is 0 Å². The molecule has 0 radical (unpaired) electrons. The molecule has 22 heavy (non-hydrogen) atoms. The van der Waals surface area contributed by atoms with E-state index in [1.54, 1.807) is 6.07 Å². The second-order valence-corrected chi connectivity index (χ2v) is 6.92. The maximum Gasteiger partial charge on any atom is 0.227 e. The fourth-order valence-electron chi connectivity index (χ4n) is 2.70. The maximum atomic E-state index is 13.3. The topological polar surface area (TPSA) is 23.6 Å². The third kappa shape index (κ3) is 4.26. The van der Waals surface area contributed by atoms with Gasteiger partial charge in [-0.15, -0.1) is 0 Å². The molecule has 2 rings (SSSR count). The molecule has 0 bridgehead atoms. The van der Waals surface area contributed by atoms with Crippen LogP contribution in [0.25, 0.3) is 0 Å². The zero-order valence-electron chi connectivity index (χ0n) is 13.5. The molecule has 1 fully saturated rings. The molecule has 122 valence electrons. The lowest BCUT2D eigenvalue weighted by Crippen LogP contribution is -2.41. The van der Waals surface area contributed by atoms with E-state index >= 15 is 0 Å². The van der Waals surface area contributed by atoms with Crippen LogP contribution in [0.2, 0.25) is 0 Å². The van der Waals surface area contributed by atoms with Gasteiger partial charge in [-0.3, -0.25) is 9.69 Å². The van der Waals surface area contributed by atoms with Crippen LogP contribution in [0.4, 0.5) is 8.78 Å². The third-order valence-corrected chi connectivity index (χ3v) is 3.91. The van der Waals surface area contributed by atoms with Gasteiger partial charge in [0.15, 0.2) is 11.6 Å². The van der Waals surface area contributed by atoms with E-state index < -0.39 is 11.6 Å². The Kier molecular flexibility index (Phi) is 5.16. The molecule has 1 aromatic carbocycles. The summed E-state index contributed by atoms with van der Waals surface area (Å²) in [5.41, 5.74) is 0.393. The first-order valence-electron chi connectivity index (χ1n) is 7.73. The van der Waals surface area contributed by atoms with Gasteiger partial charge < -0.3 is 4.90 Å². The van der Waals surface area contributed by atoms with Crippen molar-refractivity contribution in [2.45, 2.75) is 33.7 Å². The van der Waals surface area contributed by atoms with Gasteiger partial charge in [0.25, 0.3) is 0 Å². The molecular weight excluding hydrogens is 286 g/mol. The van der Waals surface area contributed by atoms with Crippen molar-refractivity contribution in [1.29, 1.82) is 0 Å². The Bertz CT molecular complexity index is 540. The number of carbonyl (C=O) groups is 1. The molecule has 0 atom stereocenters. The fraction of sp³-hybridized carbons (Fsp3) is 0.588. The average molecular weight is 310 g/mol. The molecule has 1 saturated heterocycles. The van der Waals surface area contributed by atoms with Crippen molar-refractivity contribution in [2.24, 2.45) is 5.41 Å². The molecule has 0 spiro atoms. The third-order valence-electron chi connectivity index (χ3n) is 3.91. The van der Waals surface area contributed by atoms with Crippen LogP contribution in [0.3, 0.4) is 0 Å². The number of halogens is 2. The number of carbonyl (C=O) groups excluding carboxylic acids is 1. The highest BCUT2D eigenvalue weighted by atomic mass is 19.2. The molecule has 0 aromatic heterocycles. The van der Waals surface area contributed by atoms with Gasteiger partial charge in [0.1, 0.15) is 0 Å². The van der Waals surface area contributed by atoms with E-state index in [9.17, 15) is 13.6 Å². The summed E-state index contributed by atoms with van der Waals surface area (Å²) in [4.78, 5) is 16.4. The van der Waals surface area contributed by atoms with E-state index in [-0.39, 0.29) is 11.3 Å². The monoisotopic (exact) mass is 310 g/mol. The van der Waals surface area contributed by atoms with Gasteiger partial charge in [0, 0.05) is 38.1 Å². The first kappa shape index (κ1) is 16.9. The molecule has 3 nitrogen and oxygen atoms in total. The molecule has 0 N–H and O–H groups in total. The van der Waals surface area contributed by atoms with E-state index in [0.29, 0.717) is 13.1 Å². The summed E-state index contributed by atoms with van der Waals surface area (Å²) >= 11 is 0. The first-order chi connectivity index (χ1) is 10.3. The highest BCUT2D eigenvalue weighted by Crippen LogP contribution is 2.19. The number of amides is 1. The molecule has 1 amide bonds. The maximum absolute atomic E-state index is 13.3. The van der Waals surface area contributed by atoms with Gasteiger partial charge in [-0.05, 0) is 24.1 Å². The lowest BCUT2D eigenvalue weighted by atomic mass is 9.94. The van der Waals surface area contributed by atoms with Crippen LogP contribution in [-0.2, 0) is 11.3 Å². The summed E-state index contributed by atoms with van der Waals surface area (Å²) < 4.78 is 26.2. The molecule has 1 aromatic rings. The minimum Gasteiger partial charge on any atom is -0.341 e. The van der Waals surface area contributed by atoms with Gasteiger partial charge in [-0.25, -0.2) is 8.78 Å². The van der Waals surface area contributed by atoms with Crippen molar-refractivity contribution in [2.75, 3.05) is 26.2 Å². The zero-order chi connectivity index (χ0) is 16.3. The van der Waals surface area contributed by atoms with E-state index in [1.165, 1.54) is 6.07 Å². The molecule has 0 unspecified atom stereocenters. The highest BCUT2D eigenvalue weighted by Gasteiger charge is 2.28. The summed E-state index contributed by atoms with van der Waals surface area (Å²) in [7, 11) is 0.